The predicted molar refractivity (Wildman–Crippen MR) is 106 cm³/mol. The molecule has 0 atom stereocenters. The molecule has 0 bridgehead atoms. The van der Waals surface area contributed by atoms with Crippen molar-refractivity contribution in [2.24, 2.45) is 0 Å². The van der Waals surface area contributed by atoms with Crippen LogP contribution in [0, 0.1) is 0 Å². The van der Waals surface area contributed by atoms with Gasteiger partial charge >= 0.3 is 7.12 Å². The molecule has 25 heavy (non-hydrogen) atoms. The van der Waals surface area contributed by atoms with Gasteiger partial charge in [0.05, 0.1) is 16.8 Å². The molecule has 0 N–H and O–H groups in total. The maximum Gasteiger partial charge on any atom is 0.514 e. The van der Waals surface area contributed by atoms with E-state index in [1.807, 2.05) is 16.9 Å². The molecule has 0 radical (unpaired) electrons. The van der Waals surface area contributed by atoms with Gasteiger partial charge in [0.15, 0.2) is 8.32 Å². The Labute approximate surface area is 154 Å². The van der Waals surface area contributed by atoms with Crippen molar-refractivity contribution in [1.82, 2.24) is 9.78 Å². The highest BCUT2D eigenvalue weighted by atomic mass is 28.4. The summed E-state index contributed by atoms with van der Waals surface area (Å²) >= 11 is 0. The average molecular weight is 366 g/mol. The van der Waals surface area contributed by atoms with E-state index in [0.29, 0.717) is 0 Å². The Kier molecular flexibility index (Phi) is 5.65. The Bertz CT molecular complexity index is 577. The first kappa shape index (κ1) is 20.7. The molecule has 1 fully saturated rings. The largest absolute Gasteiger partial charge is 0.514 e. The lowest BCUT2D eigenvalue weighted by Gasteiger charge is -2.36. The summed E-state index contributed by atoms with van der Waals surface area (Å²) in [5.74, 6) is 0. The summed E-state index contributed by atoms with van der Waals surface area (Å²) in [4.78, 5) is 0. The Morgan fingerprint density at radius 2 is 1.72 bits per heavy atom. The molecule has 0 aliphatic carbocycles. The summed E-state index contributed by atoms with van der Waals surface area (Å²) in [5.41, 5.74) is 0.308. The van der Waals surface area contributed by atoms with Crippen molar-refractivity contribution in [2.45, 2.75) is 90.8 Å². The molecule has 1 aromatic rings. The summed E-state index contributed by atoms with van der Waals surface area (Å²) in [7, 11) is -2.05. The second-order valence-electron chi connectivity index (χ2n) is 9.53. The summed E-state index contributed by atoms with van der Waals surface area (Å²) < 4.78 is 20.5. The molecule has 1 saturated heterocycles. The van der Waals surface area contributed by atoms with Crippen molar-refractivity contribution in [3.05, 3.63) is 12.3 Å². The van der Waals surface area contributed by atoms with E-state index in [-0.39, 0.29) is 23.4 Å². The molecule has 142 valence electrons. The molecule has 2 heterocycles. The smallest absolute Gasteiger partial charge is 0.417 e. The summed E-state index contributed by atoms with van der Waals surface area (Å²) in [5, 5.41) is 4.69. The van der Waals surface area contributed by atoms with Crippen LogP contribution < -0.4 is 5.59 Å². The van der Waals surface area contributed by atoms with Gasteiger partial charge in [0.25, 0.3) is 0 Å². The van der Waals surface area contributed by atoms with Gasteiger partial charge < -0.3 is 13.7 Å². The van der Waals surface area contributed by atoms with Crippen LogP contribution in [-0.4, -0.2) is 43.0 Å². The minimum absolute atomic E-state index is 0.243. The molecule has 2 rings (SSSR count). The van der Waals surface area contributed by atoms with Crippen molar-refractivity contribution in [3.63, 3.8) is 0 Å². The minimum atomic E-state index is -1.68. The SMILES string of the molecule is CC1(C)OB(c2ccnn2CCCO[Si](C)(C)C(C)(C)C)OC1(C)C. The van der Waals surface area contributed by atoms with Crippen LogP contribution in [0.4, 0.5) is 0 Å². The van der Waals surface area contributed by atoms with Gasteiger partial charge in [-0.25, -0.2) is 0 Å². The van der Waals surface area contributed by atoms with Crippen LogP contribution in [0.2, 0.25) is 18.1 Å². The molecular formula is C18H35BN2O3Si. The van der Waals surface area contributed by atoms with Crippen molar-refractivity contribution >= 4 is 21.0 Å². The summed E-state index contributed by atoms with van der Waals surface area (Å²) in [6, 6.07) is 1.98. The molecule has 0 amide bonds. The minimum Gasteiger partial charge on any atom is -0.417 e. The third-order valence-electron chi connectivity index (χ3n) is 6.03. The molecule has 1 aliphatic heterocycles. The highest BCUT2D eigenvalue weighted by molar-refractivity contribution is 6.74. The zero-order valence-corrected chi connectivity index (χ0v) is 18.5. The molecule has 1 aliphatic rings. The zero-order chi connectivity index (χ0) is 19.1. The first-order valence-electron chi connectivity index (χ1n) is 9.28. The van der Waals surface area contributed by atoms with Gasteiger partial charge in [0, 0.05) is 19.3 Å². The zero-order valence-electron chi connectivity index (χ0n) is 17.5. The van der Waals surface area contributed by atoms with E-state index >= 15 is 0 Å². The van der Waals surface area contributed by atoms with E-state index in [2.05, 4.69) is 66.7 Å². The van der Waals surface area contributed by atoms with Gasteiger partial charge in [0.2, 0.25) is 0 Å². The molecular weight excluding hydrogens is 331 g/mol. The predicted octanol–water partition coefficient (Wildman–Crippen LogP) is 3.59. The van der Waals surface area contributed by atoms with Crippen LogP contribution in [0.1, 0.15) is 54.9 Å². The van der Waals surface area contributed by atoms with Crippen LogP contribution in [0.15, 0.2) is 12.3 Å². The quantitative estimate of drug-likeness (QED) is 0.570. The van der Waals surface area contributed by atoms with Gasteiger partial charge in [0.1, 0.15) is 0 Å². The van der Waals surface area contributed by atoms with Gasteiger partial charge in [-0.2, -0.15) is 5.10 Å². The van der Waals surface area contributed by atoms with Crippen LogP contribution in [0.3, 0.4) is 0 Å². The van der Waals surface area contributed by atoms with Crippen molar-refractivity contribution in [3.8, 4) is 0 Å². The van der Waals surface area contributed by atoms with Crippen molar-refractivity contribution in [1.29, 1.82) is 0 Å². The highest BCUT2D eigenvalue weighted by Crippen LogP contribution is 2.37. The van der Waals surface area contributed by atoms with E-state index in [1.165, 1.54) is 0 Å². The topological polar surface area (TPSA) is 45.5 Å². The fourth-order valence-corrected chi connectivity index (χ4v) is 3.54. The number of aryl methyl sites for hydroxylation is 1. The fourth-order valence-electron chi connectivity index (χ4n) is 2.45. The van der Waals surface area contributed by atoms with Gasteiger partial charge in [-0.15, -0.1) is 0 Å². The van der Waals surface area contributed by atoms with E-state index in [4.69, 9.17) is 13.7 Å². The van der Waals surface area contributed by atoms with Crippen LogP contribution in [-0.2, 0) is 20.3 Å². The van der Waals surface area contributed by atoms with E-state index in [1.54, 1.807) is 0 Å². The number of hydrogen-bond acceptors (Lipinski definition) is 4. The number of rotatable bonds is 6. The second-order valence-corrected chi connectivity index (χ2v) is 14.3. The first-order valence-corrected chi connectivity index (χ1v) is 12.2. The lowest BCUT2D eigenvalue weighted by atomic mass is 9.84. The molecule has 5 nitrogen and oxygen atoms in total. The Balaban J connectivity index is 1.93. The van der Waals surface area contributed by atoms with Crippen LogP contribution >= 0.6 is 0 Å². The number of aromatic nitrogens is 2. The maximum atomic E-state index is 6.26. The molecule has 0 unspecified atom stereocenters. The third-order valence-corrected chi connectivity index (χ3v) is 10.6. The second kappa shape index (κ2) is 6.83. The van der Waals surface area contributed by atoms with E-state index < -0.39 is 8.32 Å². The molecule has 0 aromatic carbocycles. The van der Waals surface area contributed by atoms with Crippen molar-refractivity contribution in [2.75, 3.05) is 6.61 Å². The van der Waals surface area contributed by atoms with Gasteiger partial charge in [-0.1, -0.05) is 20.8 Å². The molecule has 1 aromatic heterocycles. The highest BCUT2D eigenvalue weighted by Gasteiger charge is 2.52. The van der Waals surface area contributed by atoms with Crippen LogP contribution in [0.25, 0.3) is 0 Å². The fraction of sp³-hybridized carbons (Fsp3) is 0.833. The number of hydrogen-bond donors (Lipinski definition) is 0. The standard InChI is InChI=1S/C18H35BN2O3Si/c1-16(2,3)25(8,9)22-14-10-13-21-15(11-12-20-21)19-23-17(4,5)18(6,7)24-19/h11-12H,10,13-14H2,1-9H3. The normalized spacial score (nSPS) is 20.3. The Hall–Kier alpha value is -0.628. The summed E-state index contributed by atoms with van der Waals surface area (Å²) in [6.45, 7) is 21.2. The first-order chi connectivity index (χ1) is 11.3. The lowest BCUT2D eigenvalue weighted by molar-refractivity contribution is 0.00578. The maximum absolute atomic E-state index is 6.26. The van der Waals surface area contributed by atoms with E-state index in [9.17, 15) is 0 Å². The van der Waals surface area contributed by atoms with E-state index in [0.717, 1.165) is 25.2 Å². The van der Waals surface area contributed by atoms with Gasteiger partial charge in [-0.05, 0) is 58.3 Å². The lowest BCUT2D eigenvalue weighted by Crippen LogP contribution is -2.41. The molecule has 0 saturated carbocycles. The Morgan fingerprint density at radius 3 is 2.24 bits per heavy atom. The molecule has 0 spiro atoms. The monoisotopic (exact) mass is 366 g/mol. The average Bonchev–Trinajstić information content (AvgIpc) is 2.96. The van der Waals surface area contributed by atoms with Gasteiger partial charge in [-0.3, -0.25) is 4.68 Å². The third kappa shape index (κ3) is 4.38. The number of nitrogens with zero attached hydrogens (tertiary/aromatic N) is 2. The summed E-state index contributed by atoms with van der Waals surface area (Å²) in [6.07, 6.45) is 2.75. The van der Waals surface area contributed by atoms with Crippen molar-refractivity contribution < 1.29 is 13.7 Å². The molecule has 7 heteroatoms. The van der Waals surface area contributed by atoms with Crippen LogP contribution in [0.5, 0.6) is 0 Å². The Morgan fingerprint density at radius 1 is 1.16 bits per heavy atom.